The average molecular weight is 693 g/mol. The van der Waals surface area contributed by atoms with E-state index in [4.69, 9.17) is 9.47 Å². The number of aliphatic hydroxyl groups excluding tert-OH is 1. The molecule has 0 aromatic carbocycles. The molecule has 4 aliphatic carbocycles. The number of hydrogen-bond donors (Lipinski definition) is 3. The maximum Gasteiger partial charge on any atom is 0.307 e. The van der Waals surface area contributed by atoms with Gasteiger partial charge < -0.3 is 24.8 Å². The molecule has 2 fully saturated rings. The van der Waals surface area contributed by atoms with Gasteiger partial charge in [-0.3, -0.25) is 18.6 Å². The molecule has 0 spiro atoms. The minimum absolute atomic E-state index is 0.0765. The normalized spacial score (nSPS) is 35.4. The zero-order valence-electron chi connectivity index (χ0n) is 30.1. The van der Waals surface area contributed by atoms with Gasteiger partial charge in [0, 0.05) is 64.7 Å². The summed E-state index contributed by atoms with van der Waals surface area (Å²) in [6, 6.07) is 0. The smallest absolute Gasteiger partial charge is 0.307 e. The monoisotopic (exact) mass is 692 g/mol. The van der Waals surface area contributed by atoms with E-state index in [1.807, 2.05) is 13.8 Å². The van der Waals surface area contributed by atoms with Gasteiger partial charge >= 0.3 is 11.9 Å². The molecule has 0 bridgehead atoms. The molecule has 9 atom stereocenters. The topological polar surface area (TPSA) is 147 Å². The van der Waals surface area contributed by atoms with E-state index < -0.39 is 87.1 Å². The highest BCUT2D eigenvalue weighted by Crippen LogP contribution is 2.77. The second-order valence-corrected chi connectivity index (χ2v) is 17.2. The molecule has 2 saturated carbocycles. The van der Waals surface area contributed by atoms with Gasteiger partial charge in [-0.05, 0) is 24.5 Å². The Balaban J connectivity index is 1.56. The Morgan fingerprint density at radius 3 is 2.08 bits per heavy atom. The van der Waals surface area contributed by atoms with Crippen molar-refractivity contribution in [3.63, 3.8) is 0 Å². The van der Waals surface area contributed by atoms with Gasteiger partial charge in [-0.25, -0.2) is 0 Å². The predicted molar refractivity (Wildman–Crippen MR) is 185 cm³/mol. The third kappa shape index (κ3) is 7.15. The highest BCUT2D eigenvalue weighted by Gasteiger charge is 2.87. The first-order valence-corrected chi connectivity index (χ1v) is 20.0. The maximum atomic E-state index is 13.5. The molecule has 272 valence electrons. The molecular formula is C38H60O9S. The van der Waals surface area contributed by atoms with Crippen molar-refractivity contribution in [1.82, 2.24) is 0 Å². The number of ether oxygens (including phenoxy) is 2. The molecule has 0 aromatic rings. The average Bonchev–Trinajstić information content (AvgIpc) is 3.46. The van der Waals surface area contributed by atoms with Crippen LogP contribution in [-0.2, 0) is 34.7 Å². The molecule has 0 saturated heterocycles. The minimum atomic E-state index is -1.97. The van der Waals surface area contributed by atoms with Gasteiger partial charge in [-0.1, -0.05) is 104 Å². The van der Waals surface area contributed by atoms with Crippen molar-refractivity contribution in [2.24, 2.45) is 29.1 Å². The van der Waals surface area contributed by atoms with Gasteiger partial charge in [-0.15, -0.1) is 0 Å². The van der Waals surface area contributed by atoms with E-state index >= 15 is 0 Å². The zero-order chi connectivity index (χ0) is 35.5. The van der Waals surface area contributed by atoms with E-state index in [2.05, 4.69) is 6.92 Å². The molecule has 0 radical (unpaired) electrons. The van der Waals surface area contributed by atoms with E-state index in [0.29, 0.717) is 17.6 Å². The first-order valence-electron chi connectivity index (χ1n) is 18.3. The van der Waals surface area contributed by atoms with Crippen molar-refractivity contribution in [1.29, 1.82) is 0 Å². The SMILES string of the molecule is CCCCCCCCCCCCCC(=O)O[C@@H]1[C@@H](C)[C@@]2(O)[C@@H](C=C(CO)C[C@]3(O)C(=O)C(C)=C[C@@H]23)[C@H]2C(C)(C)[C@]12OC(=O)CCS(C)=O. The van der Waals surface area contributed by atoms with E-state index in [1.54, 1.807) is 26.0 Å². The van der Waals surface area contributed by atoms with Gasteiger partial charge in [0.25, 0.3) is 0 Å². The summed E-state index contributed by atoms with van der Waals surface area (Å²) in [6.45, 7) is 8.98. The number of carbonyl (C=O) groups excluding carboxylic acids is 3. The largest absolute Gasteiger partial charge is 0.458 e. The lowest BCUT2D eigenvalue weighted by molar-refractivity contribution is -0.229. The summed E-state index contributed by atoms with van der Waals surface area (Å²) in [4.78, 5) is 40.2. The summed E-state index contributed by atoms with van der Waals surface area (Å²) in [5.74, 6) is -4.54. The molecule has 3 N–H and O–H groups in total. The van der Waals surface area contributed by atoms with Crippen LogP contribution in [0.3, 0.4) is 0 Å². The van der Waals surface area contributed by atoms with Crippen LogP contribution in [0, 0.1) is 29.1 Å². The van der Waals surface area contributed by atoms with Gasteiger partial charge in [0.2, 0.25) is 0 Å². The molecule has 4 rings (SSSR count). The van der Waals surface area contributed by atoms with Gasteiger partial charge in [0.05, 0.1) is 18.6 Å². The van der Waals surface area contributed by atoms with Gasteiger partial charge in [0.15, 0.2) is 11.4 Å². The summed E-state index contributed by atoms with van der Waals surface area (Å²) < 4.78 is 24.4. The molecule has 0 aliphatic heterocycles. The van der Waals surface area contributed by atoms with Crippen molar-refractivity contribution in [2.45, 2.75) is 147 Å². The quantitative estimate of drug-likeness (QED) is 0.0962. The number of Topliss-reactive ketones (excluding diaryl/α,β-unsaturated/α-hetero) is 1. The van der Waals surface area contributed by atoms with Crippen molar-refractivity contribution in [3.05, 3.63) is 23.3 Å². The standard InChI is InChI=1S/C38H60O9S/c1-7-8-9-10-11-12-13-14-15-16-17-18-30(40)46-34-26(3)37(44)28(22-27(24-39)23-36(43)29(37)21-25(2)33(36)42)32-35(4,5)38(32,34)47-31(41)19-20-48(6)45/h21-22,26,28-29,32,34,39,43-44H,7-20,23-24H2,1-6H3/t26-,28+,29-,32+,34-,36-,37-,38-,48?/m1/s1. The molecule has 4 aliphatic rings. The number of unbranched alkanes of at least 4 members (excludes halogenated alkanes) is 10. The second kappa shape index (κ2) is 15.6. The van der Waals surface area contributed by atoms with Crippen LogP contribution in [0.5, 0.6) is 0 Å². The fourth-order valence-corrected chi connectivity index (χ4v) is 9.88. The lowest BCUT2D eigenvalue weighted by Crippen LogP contribution is -2.66. The summed E-state index contributed by atoms with van der Waals surface area (Å²) in [5, 5.41) is 35.1. The van der Waals surface area contributed by atoms with Crippen LogP contribution in [0.4, 0.5) is 0 Å². The van der Waals surface area contributed by atoms with Crippen LogP contribution >= 0.6 is 0 Å². The maximum absolute atomic E-state index is 13.5. The second-order valence-electron chi connectivity index (χ2n) is 15.6. The van der Waals surface area contributed by atoms with Crippen LogP contribution < -0.4 is 0 Å². The Bertz CT molecular complexity index is 1290. The number of rotatable bonds is 18. The van der Waals surface area contributed by atoms with Crippen LogP contribution in [0.1, 0.15) is 125 Å². The van der Waals surface area contributed by atoms with Crippen molar-refractivity contribution in [3.8, 4) is 0 Å². The Hall–Kier alpha value is -1.88. The lowest BCUT2D eigenvalue weighted by atomic mass is 9.59. The Labute approximate surface area is 289 Å². The van der Waals surface area contributed by atoms with Crippen LogP contribution in [0.25, 0.3) is 0 Å². The summed E-state index contributed by atoms with van der Waals surface area (Å²) in [5.41, 5.74) is -5.06. The van der Waals surface area contributed by atoms with Crippen LogP contribution in [-0.4, -0.2) is 78.8 Å². The molecule has 1 unspecified atom stereocenters. The molecule has 48 heavy (non-hydrogen) atoms. The molecule has 0 heterocycles. The van der Waals surface area contributed by atoms with E-state index in [-0.39, 0.29) is 25.0 Å². The van der Waals surface area contributed by atoms with Crippen molar-refractivity contribution in [2.75, 3.05) is 18.6 Å². The fourth-order valence-electron chi connectivity index (χ4n) is 9.42. The van der Waals surface area contributed by atoms with Crippen molar-refractivity contribution < 1.29 is 43.4 Å². The number of fused-ring (bicyclic) bond motifs is 5. The molecule has 9 nitrogen and oxygen atoms in total. The Morgan fingerprint density at radius 1 is 0.938 bits per heavy atom. The fraction of sp³-hybridized carbons (Fsp3) is 0.816. The number of esters is 2. The molecule has 0 amide bonds. The number of carbonyl (C=O) groups is 3. The third-order valence-electron chi connectivity index (χ3n) is 12.1. The lowest BCUT2D eigenvalue weighted by Gasteiger charge is -2.53. The van der Waals surface area contributed by atoms with Crippen LogP contribution in [0.15, 0.2) is 23.3 Å². The Morgan fingerprint density at radius 2 is 1.52 bits per heavy atom. The first-order chi connectivity index (χ1) is 22.6. The van der Waals surface area contributed by atoms with Crippen molar-refractivity contribution >= 4 is 28.5 Å². The highest BCUT2D eigenvalue weighted by molar-refractivity contribution is 7.84. The van der Waals surface area contributed by atoms with Gasteiger partial charge in [-0.2, -0.15) is 0 Å². The van der Waals surface area contributed by atoms with Crippen LogP contribution in [0.2, 0.25) is 0 Å². The molecular weight excluding hydrogens is 632 g/mol. The number of hydrogen-bond acceptors (Lipinski definition) is 9. The number of aliphatic hydroxyl groups is 3. The zero-order valence-corrected chi connectivity index (χ0v) is 30.9. The predicted octanol–water partition coefficient (Wildman–Crippen LogP) is 5.50. The number of ketones is 1. The molecule has 10 heteroatoms. The first kappa shape index (κ1) is 38.9. The van der Waals surface area contributed by atoms with E-state index in [1.165, 1.54) is 51.2 Å². The summed E-state index contributed by atoms with van der Waals surface area (Å²) >= 11 is 0. The van der Waals surface area contributed by atoms with E-state index in [0.717, 1.165) is 19.3 Å². The summed E-state index contributed by atoms with van der Waals surface area (Å²) in [6.07, 6.45) is 16.4. The minimum Gasteiger partial charge on any atom is -0.458 e. The van der Waals surface area contributed by atoms with E-state index in [9.17, 15) is 33.9 Å². The molecule has 0 aromatic heterocycles. The third-order valence-corrected chi connectivity index (χ3v) is 12.9. The van der Waals surface area contributed by atoms with Gasteiger partial charge in [0.1, 0.15) is 11.7 Å². The highest BCUT2D eigenvalue weighted by atomic mass is 32.2. The summed E-state index contributed by atoms with van der Waals surface area (Å²) in [7, 11) is -1.21. The Kier molecular flexibility index (Phi) is 12.6.